The Balaban J connectivity index is 1.85. The van der Waals surface area contributed by atoms with Gasteiger partial charge >= 0.3 is 5.97 Å². The number of hydrogen-bond acceptors (Lipinski definition) is 5. The van der Waals surface area contributed by atoms with E-state index in [-0.39, 0.29) is 12.5 Å². The quantitative estimate of drug-likeness (QED) is 0.740. The van der Waals surface area contributed by atoms with Crippen molar-refractivity contribution in [3.63, 3.8) is 0 Å². The Hall–Kier alpha value is -3.66. The predicted molar refractivity (Wildman–Crippen MR) is 90.3 cm³/mol. The first-order valence-electron chi connectivity index (χ1n) is 7.58. The van der Waals surface area contributed by atoms with Gasteiger partial charge in [-0.2, -0.15) is 10.4 Å². The van der Waals surface area contributed by atoms with E-state index in [1.54, 1.807) is 49.5 Å². The minimum Gasteiger partial charge on any atom is -0.462 e. The Kier molecular flexibility index (Phi) is 4.44. The fourth-order valence-electron chi connectivity index (χ4n) is 2.32. The number of aromatic nitrogens is 2. The van der Waals surface area contributed by atoms with E-state index in [1.807, 2.05) is 6.07 Å². The average molecular weight is 334 g/mol. The summed E-state index contributed by atoms with van der Waals surface area (Å²) in [5.41, 5.74) is 2.30. The van der Waals surface area contributed by atoms with Gasteiger partial charge in [-0.15, -0.1) is 0 Å². The number of pyridine rings is 1. The number of nitrogens with one attached hydrogen (secondary N) is 1. The molecular formula is C18H14N4O3. The fourth-order valence-corrected chi connectivity index (χ4v) is 2.32. The molecule has 1 N–H and O–H groups in total. The second-order valence-corrected chi connectivity index (χ2v) is 5.17. The molecule has 0 fully saturated rings. The number of carbonyl (C=O) groups is 2. The molecule has 124 valence electrons. The topological polar surface area (TPSA) is 96.5 Å². The van der Waals surface area contributed by atoms with Gasteiger partial charge in [-0.25, -0.2) is 9.31 Å². The highest BCUT2D eigenvalue weighted by atomic mass is 16.5. The molecule has 1 aromatic carbocycles. The lowest BCUT2D eigenvalue weighted by Gasteiger charge is -2.06. The number of anilines is 1. The van der Waals surface area contributed by atoms with Crippen LogP contribution in [-0.4, -0.2) is 28.1 Å². The van der Waals surface area contributed by atoms with Crippen LogP contribution in [0.5, 0.6) is 0 Å². The number of rotatable bonds is 4. The summed E-state index contributed by atoms with van der Waals surface area (Å²) >= 11 is 0. The molecule has 0 aliphatic rings. The molecule has 0 aliphatic heterocycles. The van der Waals surface area contributed by atoms with Crippen LogP contribution in [0.15, 0.2) is 48.8 Å². The van der Waals surface area contributed by atoms with Crippen LogP contribution in [0.1, 0.15) is 33.2 Å². The van der Waals surface area contributed by atoms with Gasteiger partial charge in [0.05, 0.1) is 30.0 Å². The maximum Gasteiger partial charge on any atom is 0.341 e. The van der Waals surface area contributed by atoms with Gasteiger partial charge in [0.15, 0.2) is 0 Å². The number of hydrogen-bond donors (Lipinski definition) is 1. The minimum atomic E-state index is -0.465. The van der Waals surface area contributed by atoms with Crippen molar-refractivity contribution in [3.05, 3.63) is 65.5 Å². The second-order valence-electron chi connectivity index (χ2n) is 5.17. The lowest BCUT2D eigenvalue weighted by atomic mass is 10.1. The van der Waals surface area contributed by atoms with Crippen LogP contribution in [-0.2, 0) is 4.74 Å². The molecule has 0 saturated heterocycles. The highest BCUT2D eigenvalue weighted by Gasteiger charge is 2.15. The number of benzene rings is 1. The molecule has 1 amide bonds. The lowest BCUT2D eigenvalue weighted by Crippen LogP contribution is -2.12. The highest BCUT2D eigenvalue weighted by Crippen LogP contribution is 2.18. The zero-order valence-corrected chi connectivity index (χ0v) is 13.4. The molecule has 0 unspecified atom stereocenters. The number of amides is 1. The number of fused-ring (bicyclic) bond motifs is 1. The predicted octanol–water partition coefficient (Wildman–Crippen LogP) is 2.63. The summed E-state index contributed by atoms with van der Waals surface area (Å²) in [5.74, 6) is -0.779. The summed E-state index contributed by atoms with van der Waals surface area (Å²) < 4.78 is 6.53. The number of nitrogens with zero attached hydrogens (tertiary/aromatic N) is 3. The third-order valence-electron chi connectivity index (χ3n) is 3.55. The van der Waals surface area contributed by atoms with Gasteiger partial charge in [-0.3, -0.25) is 4.79 Å². The number of ether oxygens (including phenoxy) is 1. The van der Waals surface area contributed by atoms with E-state index in [2.05, 4.69) is 10.4 Å². The standard InChI is InChI=1S/C18H14N4O3/c1-2-25-18(24)15-11-20-22-8-7-14(9-16(15)22)21-17(23)13-5-3-12(10-19)4-6-13/h3-9,11H,2H2,1H3,(H,21,23). The minimum absolute atomic E-state index is 0.269. The van der Waals surface area contributed by atoms with Crippen molar-refractivity contribution in [2.24, 2.45) is 0 Å². The third kappa shape index (κ3) is 3.33. The first-order valence-corrected chi connectivity index (χ1v) is 7.58. The van der Waals surface area contributed by atoms with Gasteiger partial charge in [-0.1, -0.05) is 0 Å². The maximum atomic E-state index is 12.3. The van der Waals surface area contributed by atoms with Crippen LogP contribution in [0.3, 0.4) is 0 Å². The number of esters is 1. The Morgan fingerprint density at radius 1 is 1.28 bits per heavy atom. The van der Waals surface area contributed by atoms with E-state index in [4.69, 9.17) is 10.00 Å². The van der Waals surface area contributed by atoms with E-state index >= 15 is 0 Å². The zero-order valence-electron chi connectivity index (χ0n) is 13.4. The Morgan fingerprint density at radius 2 is 2.04 bits per heavy atom. The first-order chi connectivity index (χ1) is 12.1. The molecule has 25 heavy (non-hydrogen) atoms. The van der Waals surface area contributed by atoms with E-state index in [0.29, 0.717) is 27.9 Å². The molecule has 7 nitrogen and oxygen atoms in total. The van der Waals surface area contributed by atoms with E-state index in [0.717, 1.165) is 0 Å². The first kappa shape index (κ1) is 16.2. The normalized spacial score (nSPS) is 10.2. The van der Waals surface area contributed by atoms with Crippen LogP contribution < -0.4 is 5.32 Å². The lowest BCUT2D eigenvalue weighted by molar-refractivity contribution is 0.0528. The fraction of sp³-hybridized carbons (Fsp3) is 0.111. The molecular weight excluding hydrogens is 320 g/mol. The Labute approximate surface area is 143 Å². The average Bonchev–Trinajstić information content (AvgIpc) is 3.05. The van der Waals surface area contributed by atoms with Crippen molar-refractivity contribution < 1.29 is 14.3 Å². The van der Waals surface area contributed by atoms with Crippen molar-refractivity contribution in [2.45, 2.75) is 6.92 Å². The molecule has 0 aliphatic carbocycles. The van der Waals surface area contributed by atoms with Crippen molar-refractivity contribution in [2.75, 3.05) is 11.9 Å². The van der Waals surface area contributed by atoms with Crippen LogP contribution in [0.4, 0.5) is 5.69 Å². The molecule has 7 heteroatoms. The molecule has 3 aromatic rings. The SMILES string of the molecule is CCOC(=O)c1cnn2ccc(NC(=O)c3ccc(C#N)cc3)cc12. The molecule has 0 radical (unpaired) electrons. The maximum absolute atomic E-state index is 12.3. The summed E-state index contributed by atoms with van der Waals surface area (Å²) in [5, 5.41) is 15.6. The molecule has 0 spiro atoms. The second kappa shape index (κ2) is 6.84. The number of carbonyl (C=O) groups excluding carboxylic acids is 2. The summed E-state index contributed by atoms with van der Waals surface area (Å²) in [7, 11) is 0. The smallest absolute Gasteiger partial charge is 0.341 e. The number of nitriles is 1. The van der Waals surface area contributed by atoms with E-state index in [1.165, 1.54) is 10.7 Å². The van der Waals surface area contributed by atoms with E-state index in [9.17, 15) is 9.59 Å². The Bertz CT molecular complexity index is 984. The van der Waals surface area contributed by atoms with Crippen LogP contribution in [0, 0.1) is 11.3 Å². The summed E-state index contributed by atoms with van der Waals surface area (Å²) in [6.07, 6.45) is 3.08. The zero-order chi connectivity index (χ0) is 17.8. The summed E-state index contributed by atoms with van der Waals surface area (Å²) in [6, 6.07) is 11.6. The molecule has 2 aromatic heterocycles. The van der Waals surface area contributed by atoms with Gasteiger partial charge in [-0.05, 0) is 43.3 Å². The van der Waals surface area contributed by atoms with Gasteiger partial charge in [0.1, 0.15) is 5.56 Å². The van der Waals surface area contributed by atoms with Crippen molar-refractivity contribution in [1.82, 2.24) is 9.61 Å². The van der Waals surface area contributed by atoms with Gasteiger partial charge in [0, 0.05) is 17.4 Å². The van der Waals surface area contributed by atoms with Gasteiger partial charge in [0.2, 0.25) is 0 Å². The van der Waals surface area contributed by atoms with Crippen molar-refractivity contribution >= 4 is 23.1 Å². The molecule has 3 rings (SSSR count). The van der Waals surface area contributed by atoms with E-state index < -0.39 is 5.97 Å². The molecule has 0 bridgehead atoms. The molecule has 0 atom stereocenters. The monoisotopic (exact) mass is 334 g/mol. The largest absolute Gasteiger partial charge is 0.462 e. The van der Waals surface area contributed by atoms with Crippen molar-refractivity contribution in [3.8, 4) is 6.07 Å². The highest BCUT2D eigenvalue weighted by molar-refractivity contribution is 6.05. The molecule has 0 saturated carbocycles. The summed E-state index contributed by atoms with van der Waals surface area (Å²) in [4.78, 5) is 24.2. The van der Waals surface area contributed by atoms with Gasteiger partial charge < -0.3 is 10.1 Å². The third-order valence-corrected chi connectivity index (χ3v) is 3.55. The van der Waals surface area contributed by atoms with Crippen LogP contribution in [0.2, 0.25) is 0 Å². The van der Waals surface area contributed by atoms with Gasteiger partial charge in [0.25, 0.3) is 5.91 Å². The van der Waals surface area contributed by atoms with Crippen LogP contribution >= 0.6 is 0 Å². The Morgan fingerprint density at radius 3 is 2.72 bits per heavy atom. The van der Waals surface area contributed by atoms with Crippen LogP contribution in [0.25, 0.3) is 5.52 Å². The van der Waals surface area contributed by atoms with Crippen molar-refractivity contribution in [1.29, 1.82) is 5.26 Å². The molecule has 2 heterocycles. The summed E-state index contributed by atoms with van der Waals surface area (Å²) in [6.45, 7) is 2.00.